The van der Waals surface area contributed by atoms with Crippen molar-refractivity contribution in [2.24, 2.45) is 0 Å². The fourth-order valence-corrected chi connectivity index (χ4v) is 3.74. The maximum absolute atomic E-state index is 5.44. The Morgan fingerprint density at radius 1 is 0.889 bits per heavy atom. The summed E-state index contributed by atoms with van der Waals surface area (Å²) in [6, 6.07) is 11.9. The highest BCUT2D eigenvalue weighted by Gasteiger charge is 2.19. The minimum absolute atomic E-state index is 0.531. The molecule has 0 aliphatic heterocycles. The number of methoxy groups -OCH3 is 3. The lowest BCUT2D eigenvalue weighted by Gasteiger charge is -2.13. The predicted octanol–water partition coefficient (Wildman–Crippen LogP) is 3.85. The first kappa shape index (κ1) is 17.3. The first-order valence-corrected chi connectivity index (χ1v) is 9.06. The molecule has 0 saturated carbocycles. The lowest BCUT2D eigenvalue weighted by atomic mass is 10.1. The van der Waals surface area contributed by atoms with Crippen molar-refractivity contribution in [3.63, 3.8) is 0 Å². The second-order valence-corrected chi connectivity index (χ2v) is 6.86. The summed E-state index contributed by atoms with van der Waals surface area (Å²) in [4.78, 5) is 0.718. The van der Waals surface area contributed by atoms with Crippen LogP contribution in [-0.2, 0) is 0 Å². The van der Waals surface area contributed by atoms with Crippen LogP contribution in [0.2, 0.25) is 0 Å². The van der Waals surface area contributed by atoms with E-state index >= 15 is 0 Å². The Morgan fingerprint density at radius 3 is 2.26 bits per heavy atom. The molecule has 0 saturated heterocycles. The van der Waals surface area contributed by atoms with Gasteiger partial charge >= 0.3 is 0 Å². The Hall–Kier alpha value is -3.13. The number of rotatable bonds is 5. The van der Waals surface area contributed by atoms with Gasteiger partial charge in [-0.05, 0) is 25.1 Å². The molecule has 0 unspecified atom stereocenters. The molecule has 2 heterocycles. The van der Waals surface area contributed by atoms with E-state index in [2.05, 4.69) is 29.3 Å². The summed E-state index contributed by atoms with van der Waals surface area (Å²) >= 11 is 1.49. The molecule has 138 valence electrons. The van der Waals surface area contributed by atoms with Crippen molar-refractivity contribution in [2.45, 2.75) is 6.92 Å². The van der Waals surface area contributed by atoms with Crippen LogP contribution in [0, 0.1) is 6.92 Å². The molecular weight excluding hydrogens is 364 g/mol. The van der Waals surface area contributed by atoms with Gasteiger partial charge in [0.1, 0.15) is 5.01 Å². The molecule has 0 N–H and O–H groups in total. The molecule has 0 fully saturated rings. The standard InChI is InChI=1S/C19H18N4O3S/c1-11-6-5-7-12(8-11)18-22-23-17(20-21-19(23)27-18)13-9-14(24-2)16(26-4)15(10-13)25-3/h5-10H,1-4H3. The van der Waals surface area contributed by atoms with E-state index in [1.54, 1.807) is 25.8 Å². The number of ether oxygens (including phenoxy) is 3. The van der Waals surface area contributed by atoms with Gasteiger partial charge in [-0.25, -0.2) is 0 Å². The zero-order valence-corrected chi connectivity index (χ0v) is 16.2. The smallest absolute Gasteiger partial charge is 0.235 e. The summed E-state index contributed by atoms with van der Waals surface area (Å²) in [5, 5.41) is 14.2. The Labute approximate surface area is 160 Å². The number of benzene rings is 2. The van der Waals surface area contributed by atoms with Gasteiger partial charge in [-0.3, -0.25) is 0 Å². The molecule has 0 spiro atoms. The third-order valence-electron chi connectivity index (χ3n) is 4.18. The number of aromatic nitrogens is 4. The van der Waals surface area contributed by atoms with Crippen molar-refractivity contribution >= 4 is 16.3 Å². The van der Waals surface area contributed by atoms with Gasteiger partial charge in [0.25, 0.3) is 0 Å². The van der Waals surface area contributed by atoms with Gasteiger partial charge in [-0.2, -0.15) is 9.61 Å². The van der Waals surface area contributed by atoms with E-state index in [1.165, 1.54) is 16.9 Å². The van der Waals surface area contributed by atoms with Gasteiger partial charge in [0, 0.05) is 11.1 Å². The molecule has 8 heteroatoms. The largest absolute Gasteiger partial charge is 0.493 e. The average molecular weight is 382 g/mol. The molecule has 0 atom stereocenters. The maximum atomic E-state index is 5.44. The lowest BCUT2D eigenvalue weighted by Crippen LogP contribution is -1.97. The fraction of sp³-hybridized carbons (Fsp3) is 0.211. The second kappa shape index (κ2) is 6.88. The zero-order valence-electron chi connectivity index (χ0n) is 15.4. The topological polar surface area (TPSA) is 70.8 Å². The molecule has 0 amide bonds. The highest BCUT2D eigenvalue weighted by atomic mass is 32.1. The molecule has 0 bridgehead atoms. The van der Waals surface area contributed by atoms with E-state index < -0.39 is 0 Å². The molecule has 0 radical (unpaired) electrons. The van der Waals surface area contributed by atoms with Gasteiger partial charge < -0.3 is 14.2 Å². The third-order valence-corrected chi connectivity index (χ3v) is 5.13. The van der Waals surface area contributed by atoms with Crippen molar-refractivity contribution in [3.05, 3.63) is 42.0 Å². The highest BCUT2D eigenvalue weighted by Crippen LogP contribution is 2.41. The highest BCUT2D eigenvalue weighted by molar-refractivity contribution is 7.19. The van der Waals surface area contributed by atoms with Crippen molar-refractivity contribution in [3.8, 4) is 39.2 Å². The summed E-state index contributed by atoms with van der Waals surface area (Å²) in [5.74, 6) is 2.25. The van der Waals surface area contributed by atoms with Crippen LogP contribution in [0.1, 0.15) is 5.56 Å². The number of hydrogen-bond donors (Lipinski definition) is 0. The Kier molecular flexibility index (Phi) is 4.41. The number of nitrogens with zero attached hydrogens (tertiary/aromatic N) is 4. The molecular formula is C19H18N4O3S. The van der Waals surface area contributed by atoms with Crippen LogP contribution >= 0.6 is 11.3 Å². The maximum Gasteiger partial charge on any atom is 0.235 e. The van der Waals surface area contributed by atoms with Crippen LogP contribution in [0.4, 0.5) is 0 Å². The molecule has 4 aromatic rings. The predicted molar refractivity (Wildman–Crippen MR) is 104 cm³/mol. The van der Waals surface area contributed by atoms with Crippen LogP contribution in [0.5, 0.6) is 17.2 Å². The molecule has 7 nitrogen and oxygen atoms in total. The van der Waals surface area contributed by atoms with Crippen molar-refractivity contribution < 1.29 is 14.2 Å². The Bertz CT molecular complexity index is 1090. The fourth-order valence-electron chi connectivity index (χ4n) is 2.90. The van der Waals surface area contributed by atoms with E-state index in [-0.39, 0.29) is 0 Å². The molecule has 4 rings (SSSR count). The first-order chi connectivity index (χ1) is 13.1. The Balaban J connectivity index is 1.85. The minimum Gasteiger partial charge on any atom is -0.493 e. The van der Waals surface area contributed by atoms with Crippen molar-refractivity contribution in [1.29, 1.82) is 0 Å². The van der Waals surface area contributed by atoms with Gasteiger partial charge in [0.2, 0.25) is 10.7 Å². The van der Waals surface area contributed by atoms with Crippen molar-refractivity contribution in [2.75, 3.05) is 21.3 Å². The molecule has 0 aliphatic carbocycles. The van der Waals surface area contributed by atoms with E-state index in [1.807, 2.05) is 24.3 Å². The van der Waals surface area contributed by atoms with Gasteiger partial charge in [0.15, 0.2) is 17.3 Å². The molecule has 2 aromatic heterocycles. The van der Waals surface area contributed by atoms with Crippen LogP contribution < -0.4 is 14.2 Å². The monoisotopic (exact) mass is 382 g/mol. The van der Waals surface area contributed by atoms with Crippen LogP contribution in [0.15, 0.2) is 36.4 Å². The zero-order chi connectivity index (χ0) is 19.0. The third kappa shape index (κ3) is 2.97. The van der Waals surface area contributed by atoms with Crippen molar-refractivity contribution in [1.82, 2.24) is 19.8 Å². The van der Waals surface area contributed by atoms with E-state index in [9.17, 15) is 0 Å². The Morgan fingerprint density at radius 2 is 1.63 bits per heavy atom. The van der Waals surface area contributed by atoms with Crippen LogP contribution in [0.25, 0.3) is 26.9 Å². The van der Waals surface area contributed by atoms with Crippen LogP contribution in [-0.4, -0.2) is 41.1 Å². The van der Waals surface area contributed by atoms with E-state index in [0.717, 1.165) is 21.1 Å². The molecule has 27 heavy (non-hydrogen) atoms. The molecule has 0 aliphatic rings. The number of aryl methyl sites for hydroxylation is 1. The van der Waals surface area contributed by atoms with E-state index in [0.29, 0.717) is 23.1 Å². The summed E-state index contributed by atoms with van der Waals surface area (Å²) in [5.41, 5.74) is 3.02. The summed E-state index contributed by atoms with van der Waals surface area (Å²) in [6.45, 7) is 2.06. The number of hydrogen-bond acceptors (Lipinski definition) is 7. The summed E-state index contributed by atoms with van der Waals surface area (Å²) in [6.07, 6.45) is 0. The quantitative estimate of drug-likeness (QED) is 0.522. The minimum atomic E-state index is 0.531. The normalized spacial score (nSPS) is 11.0. The van der Waals surface area contributed by atoms with E-state index in [4.69, 9.17) is 19.3 Å². The van der Waals surface area contributed by atoms with Gasteiger partial charge in [-0.15, -0.1) is 10.2 Å². The van der Waals surface area contributed by atoms with Gasteiger partial charge in [0.05, 0.1) is 21.3 Å². The first-order valence-electron chi connectivity index (χ1n) is 8.24. The number of fused-ring (bicyclic) bond motifs is 1. The SMILES string of the molecule is COc1cc(-c2nnc3sc(-c4cccc(C)c4)nn23)cc(OC)c1OC. The second-order valence-electron chi connectivity index (χ2n) is 5.91. The average Bonchev–Trinajstić information content (AvgIpc) is 3.27. The summed E-state index contributed by atoms with van der Waals surface area (Å²) < 4.78 is 18.0. The van der Waals surface area contributed by atoms with Crippen LogP contribution in [0.3, 0.4) is 0 Å². The lowest BCUT2D eigenvalue weighted by molar-refractivity contribution is 0.324. The van der Waals surface area contributed by atoms with Gasteiger partial charge in [-0.1, -0.05) is 35.1 Å². The summed E-state index contributed by atoms with van der Waals surface area (Å²) in [7, 11) is 4.74. The molecule has 2 aromatic carbocycles.